The molecule has 138 valence electrons. The lowest BCUT2D eigenvalue weighted by Crippen LogP contribution is -2.54. The second-order valence-electron chi connectivity index (χ2n) is 6.40. The first-order valence-electron chi connectivity index (χ1n) is 8.25. The van der Waals surface area contributed by atoms with Crippen molar-refractivity contribution in [1.29, 1.82) is 0 Å². The van der Waals surface area contributed by atoms with Gasteiger partial charge in [0.15, 0.2) is 9.84 Å². The Bertz CT molecular complexity index is 689. The van der Waals surface area contributed by atoms with Gasteiger partial charge in [0.05, 0.1) is 11.5 Å². The Kier molecular flexibility index (Phi) is 6.41. The van der Waals surface area contributed by atoms with Crippen LogP contribution in [0.25, 0.3) is 0 Å². The molecule has 0 bridgehead atoms. The van der Waals surface area contributed by atoms with Gasteiger partial charge in [0.2, 0.25) is 5.91 Å². The maximum atomic E-state index is 12.6. The highest BCUT2D eigenvalue weighted by molar-refractivity contribution is 7.91. The molecule has 0 spiro atoms. The van der Waals surface area contributed by atoms with Gasteiger partial charge in [-0.25, -0.2) is 13.2 Å². The van der Waals surface area contributed by atoms with Gasteiger partial charge in [-0.3, -0.25) is 4.79 Å². The van der Waals surface area contributed by atoms with Crippen LogP contribution < -0.4 is 5.32 Å². The summed E-state index contributed by atoms with van der Waals surface area (Å²) >= 11 is 0. The standard InChI is InChI=1S/C17H24N2O5S/c1-13(2)15(16(20)19-8-10-25(22,23)11-9-19)18-17(21)24-12-14-6-4-3-5-7-14/h3-7,13,15H,8-12H2,1-2H3,(H,18,21)/t15-/m0/s1. The van der Waals surface area contributed by atoms with E-state index in [-0.39, 0.29) is 43.0 Å². The Labute approximate surface area is 148 Å². The molecule has 8 heteroatoms. The molecule has 1 saturated heterocycles. The van der Waals surface area contributed by atoms with Crippen molar-refractivity contribution >= 4 is 21.8 Å². The molecule has 1 fully saturated rings. The van der Waals surface area contributed by atoms with Crippen molar-refractivity contribution in [3.05, 3.63) is 35.9 Å². The summed E-state index contributed by atoms with van der Waals surface area (Å²) in [7, 11) is -3.06. The first-order valence-corrected chi connectivity index (χ1v) is 10.1. The summed E-state index contributed by atoms with van der Waals surface area (Å²) in [5, 5.41) is 2.60. The highest BCUT2D eigenvalue weighted by atomic mass is 32.2. The Morgan fingerprint density at radius 2 is 1.76 bits per heavy atom. The first-order chi connectivity index (χ1) is 11.8. The van der Waals surface area contributed by atoms with Crippen molar-refractivity contribution < 1.29 is 22.7 Å². The molecule has 1 aliphatic heterocycles. The fourth-order valence-corrected chi connectivity index (χ4v) is 3.74. The monoisotopic (exact) mass is 368 g/mol. The summed E-state index contributed by atoms with van der Waals surface area (Å²) < 4.78 is 28.1. The van der Waals surface area contributed by atoms with E-state index in [0.29, 0.717) is 0 Å². The Hall–Kier alpha value is -2.09. The SMILES string of the molecule is CC(C)[C@H](NC(=O)OCc1ccccc1)C(=O)N1CCS(=O)(=O)CC1. The molecule has 1 aromatic carbocycles. The van der Waals surface area contributed by atoms with Gasteiger partial charge in [0.1, 0.15) is 12.6 Å². The van der Waals surface area contributed by atoms with Gasteiger partial charge in [0.25, 0.3) is 0 Å². The van der Waals surface area contributed by atoms with Gasteiger partial charge >= 0.3 is 6.09 Å². The molecular formula is C17H24N2O5S. The van der Waals surface area contributed by atoms with Crippen molar-refractivity contribution in [1.82, 2.24) is 10.2 Å². The minimum Gasteiger partial charge on any atom is -0.445 e. The van der Waals surface area contributed by atoms with E-state index < -0.39 is 22.0 Å². The van der Waals surface area contributed by atoms with E-state index in [0.717, 1.165) is 5.56 Å². The zero-order chi connectivity index (χ0) is 18.4. The van der Waals surface area contributed by atoms with Crippen LogP contribution >= 0.6 is 0 Å². The summed E-state index contributed by atoms with van der Waals surface area (Å²) in [6.45, 7) is 4.07. The number of rotatable bonds is 5. The summed E-state index contributed by atoms with van der Waals surface area (Å²) in [4.78, 5) is 26.1. The molecule has 0 saturated carbocycles. The molecule has 0 unspecified atom stereocenters. The van der Waals surface area contributed by atoms with Gasteiger partial charge in [-0.05, 0) is 11.5 Å². The van der Waals surface area contributed by atoms with Crippen molar-refractivity contribution in [2.75, 3.05) is 24.6 Å². The number of nitrogens with zero attached hydrogens (tertiary/aromatic N) is 1. The summed E-state index contributed by atoms with van der Waals surface area (Å²) in [5.41, 5.74) is 0.853. The van der Waals surface area contributed by atoms with E-state index in [4.69, 9.17) is 4.74 Å². The minimum atomic E-state index is -3.06. The van der Waals surface area contributed by atoms with Crippen LogP contribution in [0.5, 0.6) is 0 Å². The highest BCUT2D eigenvalue weighted by Crippen LogP contribution is 2.11. The molecule has 2 amide bonds. The molecule has 25 heavy (non-hydrogen) atoms. The number of benzene rings is 1. The summed E-state index contributed by atoms with van der Waals surface area (Å²) in [5.74, 6) is -0.499. The Balaban J connectivity index is 1.91. The smallest absolute Gasteiger partial charge is 0.408 e. The third-order valence-electron chi connectivity index (χ3n) is 4.07. The molecule has 2 rings (SSSR count). The van der Waals surface area contributed by atoms with E-state index in [1.54, 1.807) is 0 Å². The van der Waals surface area contributed by atoms with Crippen LogP contribution in [0.2, 0.25) is 0 Å². The number of hydrogen-bond donors (Lipinski definition) is 1. The summed E-state index contributed by atoms with van der Waals surface area (Å²) in [6, 6.07) is 8.50. The van der Waals surface area contributed by atoms with Gasteiger partial charge in [-0.1, -0.05) is 44.2 Å². The number of carbonyl (C=O) groups excluding carboxylic acids is 2. The maximum Gasteiger partial charge on any atom is 0.408 e. The van der Waals surface area contributed by atoms with Gasteiger partial charge < -0.3 is 15.0 Å². The average Bonchev–Trinajstić information content (AvgIpc) is 2.58. The van der Waals surface area contributed by atoms with Gasteiger partial charge in [0, 0.05) is 13.1 Å². The largest absolute Gasteiger partial charge is 0.445 e. The van der Waals surface area contributed by atoms with E-state index in [2.05, 4.69) is 5.32 Å². The van der Waals surface area contributed by atoms with Gasteiger partial charge in [-0.15, -0.1) is 0 Å². The quantitative estimate of drug-likeness (QED) is 0.843. The van der Waals surface area contributed by atoms with Crippen molar-refractivity contribution in [3.8, 4) is 0 Å². The van der Waals surface area contributed by atoms with E-state index in [1.165, 1.54) is 4.90 Å². The normalized spacial score (nSPS) is 17.8. The lowest BCUT2D eigenvalue weighted by atomic mass is 10.0. The average molecular weight is 368 g/mol. The molecular weight excluding hydrogens is 344 g/mol. The zero-order valence-electron chi connectivity index (χ0n) is 14.5. The van der Waals surface area contributed by atoms with Crippen LogP contribution in [-0.4, -0.2) is 56.0 Å². The van der Waals surface area contributed by atoms with E-state index in [1.807, 2.05) is 44.2 Å². The molecule has 1 aromatic rings. The van der Waals surface area contributed by atoms with Gasteiger partial charge in [-0.2, -0.15) is 0 Å². The second-order valence-corrected chi connectivity index (χ2v) is 8.71. The Morgan fingerprint density at radius 3 is 2.32 bits per heavy atom. The molecule has 0 aliphatic carbocycles. The predicted octanol–water partition coefficient (Wildman–Crippen LogP) is 1.19. The first kappa shape index (κ1) is 19.2. The number of nitrogens with one attached hydrogen (secondary N) is 1. The number of amides is 2. The van der Waals surface area contributed by atoms with E-state index >= 15 is 0 Å². The zero-order valence-corrected chi connectivity index (χ0v) is 15.3. The van der Waals surface area contributed by atoms with Crippen LogP contribution in [0.15, 0.2) is 30.3 Å². The Morgan fingerprint density at radius 1 is 1.16 bits per heavy atom. The van der Waals surface area contributed by atoms with Crippen LogP contribution in [0.4, 0.5) is 4.79 Å². The maximum absolute atomic E-state index is 12.6. The van der Waals surface area contributed by atoms with Crippen LogP contribution in [0.1, 0.15) is 19.4 Å². The number of alkyl carbamates (subject to hydrolysis) is 1. The number of sulfone groups is 1. The topological polar surface area (TPSA) is 92.8 Å². The molecule has 7 nitrogen and oxygen atoms in total. The number of carbonyl (C=O) groups is 2. The molecule has 1 atom stereocenters. The molecule has 1 heterocycles. The van der Waals surface area contributed by atoms with Crippen molar-refractivity contribution in [2.45, 2.75) is 26.5 Å². The number of hydrogen-bond acceptors (Lipinski definition) is 5. The fourth-order valence-electron chi connectivity index (χ4n) is 2.53. The molecule has 0 aromatic heterocycles. The predicted molar refractivity (Wildman–Crippen MR) is 93.6 cm³/mol. The highest BCUT2D eigenvalue weighted by Gasteiger charge is 2.32. The molecule has 1 N–H and O–H groups in total. The van der Waals surface area contributed by atoms with Crippen molar-refractivity contribution in [3.63, 3.8) is 0 Å². The van der Waals surface area contributed by atoms with Crippen molar-refractivity contribution in [2.24, 2.45) is 5.92 Å². The van der Waals surface area contributed by atoms with E-state index in [9.17, 15) is 18.0 Å². The fraction of sp³-hybridized carbons (Fsp3) is 0.529. The molecule has 0 radical (unpaired) electrons. The third-order valence-corrected chi connectivity index (χ3v) is 5.68. The lowest BCUT2D eigenvalue weighted by Gasteiger charge is -2.32. The van der Waals surface area contributed by atoms with Crippen LogP contribution in [-0.2, 0) is 26.0 Å². The minimum absolute atomic E-state index is 0.0397. The van der Waals surface area contributed by atoms with Crippen LogP contribution in [0.3, 0.4) is 0 Å². The third kappa shape index (κ3) is 5.74. The summed E-state index contributed by atoms with van der Waals surface area (Å²) in [6.07, 6.45) is -0.666. The van der Waals surface area contributed by atoms with Crippen LogP contribution in [0, 0.1) is 5.92 Å². The number of ether oxygens (including phenoxy) is 1. The second kappa shape index (κ2) is 8.33. The lowest BCUT2D eigenvalue weighted by molar-refractivity contribution is -0.134. The molecule has 1 aliphatic rings.